The van der Waals surface area contributed by atoms with Crippen LogP contribution in [0.1, 0.15) is 31.8 Å². The van der Waals surface area contributed by atoms with E-state index in [4.69, 9.17) is 0 Å². The molecule has 0 aliphatic carbocycles. The van der Waals surface area contributed by atoms with Gasteiger partial charge >= 0.3 is 0 Å². The van der Waals surface area contributed by atoms with E-state index in [0.29, 0.717) is 22.8 Å². The molecule has 1 amide bonds. The normalized spacial score (nSPS) is 14.9. The number of thiophene rings is 1. The van der Waals surface area contributed by atoms with E-state index in [1.54, 1.807) is 12.1 Å². The molecule has 1 aliphatic rings. The molecule has 0 bridgehead atoms. The maximum Gasteiger partial charge on any atom is 0.264 e. The van der Waals surface area contributed by atoms with E-state index < -0.39 is 0 Å². The third-order valence-electron chi connectivity index (χ3n) is 4.19. The quantitative estimate of drug-likeness (QED) is 0.812. The minimum Gasteiger partial charge on any atom is -0.368 e. The Balaban J connectivity index is 1.65. The van der Waals surface area contributed by atoms with Crippen molar-refractivity contribution in [1.29, 1.82) is 0 Å². The van der Waals surface area contributed by atoms with Crippen LogP contribution in [0.3, 0.4) is 0 Å². The molecule has 120 valence electrons. The van der Waals surface area contributed by atoms with Crippen LogP contribution in [-0.2, 0) is 0 Å². The maximum atomic E-state index is 12.6. The number of ketones is 1. The van der Waals surface area contributed by atoms with Crippen LogP contribution in [0, 0.1) is 6.92 Å². The van der Waals surface area contributed by atoms with Crippen molar-refractivity contribution in [2.24, 2.45) is 0 Å². The average molecular weight is 328 g/mol. The van der Waals surface area contributed by atoms with Crippen molar-refractivity contribution in [3.8, 4) is 0 Å². The molecule has 2 aromatic rings. The van der Waals surface area contributed by atoms with Gasteiger partial charge in [-0.15, -0.1) is 11.3 Å². The summed E-state index contributed by atoms with van der Waals surface area (Å²) in [6.45, 7) is 6.73. The van der Waals surface area contributed by atoms with E-state index in [9.17, 15) is 9.59 Å². The molecule has 2 heterocycles. The number of hydrogen-bond acceptors (Lipinski definition) is 4. The number of rotatable bonds is 3. The molecular formula is C18H20N2O2S. The maximum absolute atomic E-state index is 12.6. The highest BCUT2D eigenvalue weighted by Crippen LogP contribution is 2.23. The van der Waals surface area contributed by atoms with Crippen molar-refractivity contribution >= 4 is 28.7 Å². The largest absolute Gasteiger partial charge is 0.368 e. The molecule has 4 nitrogen and oxygen atoms in total. The van der Waals surface area contributed by atoms with Gasteiger partial charge in [0.15, 0.2) is 5.78 Å². The van der Waals surface area contributed by atoms with Crippen molar-refractivity contribution in [1.82, 2.24) is 4.90 Å². The predicted molar refractivity (Wildman–Crippen MR) is 93.6 cm³/mol. The smallest absolute Gasteiger partial charge is 0.264 e. The predicted octanol–water partition coefficient (Wildman–Crippen LogP) is 3.22. The second-order valence-corrected chi connectivity index (χ2v) is 6.87. The molecule has 0 spiro atoms. The molecule has 0 saturated carbocycles. The number of hydrogen-bond donors (Lipinski definition) is 0. The number of carbonyl (C=O) groups excluding carboxylic acids is 2. The number of Topliss-reactive ketones (excluding diaryl/α,β-unsaturated/α-hetero) is 1. The molecule has 3 rings (SSSR count). The second-order valence-electron chi connectivity index (χ2n) is 5.79. The molecule has 1 aromatic heterocycles. The molecule has 23 heavy (non-hydrogen) atoms. The number of nitrogens with zero attached hydrogens (tertiary/aromatic N) is 2. The summed E-state index contributed by atoms with van der Waals surface area (Å²) in [6, 6.07) is 11.8. The number of benzene rings is 1. The fourth-order valence-electron chi connectivity index (χ4n) is 2.87. The van der Waals surface area contributed by atoms with Gasteiger partial charge in [0.25, 0.3) is 5.91 Å². The van der Waals surface area contributed by atoms with Crippen molar-refractivity contribution < 1.29 is 9.59 Å². The summed E-state index contributed by atoms with van der Waals surface area (Å²) in [4.78, 5) is 29.4. The minimum atomic E-state index is 0.0124. The van der Waals surface area contributed by atoms with Crippen LogP contribution in [0.25, 0.3) is 0 Å². The van der Waals surface area contributed by atoms with Crippen LogP contribution in [-0.4, -0.2) is 42.8 Å². The lowest BCUT2D eigenvalue weighted by molar-refractivity contribution is 0.0751. The van der Waals surface area contributed by atoms with E-state index >= 15 is 0 Å². The fourth-order valence-corrected chi connectivity index (χ4v) is 3.74. The minimum absolute atomic E-state index is 0.0124. The Morgan fingerprint density at radius 2 is 1.61 bits per heavy atom. The van der Waals surface area contributed by atoms with Gasteiger partial charge in [0.1, 0.15) is 0 Å². The molecule has 5 heteroatoms. The van der Waals surface area contributed by atoms with Gasteiger partial charge in [0.05, 0.1) is 9.75 Å². The van der Waals surface area contributed by atoms with E-state index in [1.807, 2.05) is 11.0 Å². The molecule has 0 N–H and O–H groups in total. The van der Waals surface area contributed by atoms with Crippen molar-refractivity contribution in [2.45, 2.75) is 13.8 Å². The van der Waals surface area contributed by atoms with E-state index in [-0.39, 0.29) is 11.7 Å². The van der Waals surface area contributed by atoms with Crippen LogP contribution in [0.2, 0.25) is 0 Å². The molecule has 1 aliphatic heterocycles. The third kappa shape index (κ3) is 3.29. The van der Waals surface area contributed by atoms with Crippen molar-refractivity contribution in [3.05, 3.63) is 51.7 Å². The summed E-state index contributed by atoms with van der Waals surface area (Å²) in [6.07, 6.45) is 0. The lowest BCUT2D eigenvalue weighted by atomic mass is 10.1. The topological polar surface area (TPSA) is 40.6 Å². The standard InChI is InChI=1S/C18H20N2O2S/c1-13-5-3-4-6-15(13)19-9-11-20(12-10-19)18(22)17-8-7-16(23-17)14(2)21/h3-8H,9-12H2,1-2H3. The second kappa shape index (κ2) is 6.54. The Bertz CT molecular complexity index is 730. The lowest BCUT2D eigenvalue weighted by Crippen LogP contribution is -2.48. The highest BCUT2D eigenvalue weighted by molar-refractivity contribution is 7.15. The fraction of sp³-hybridized carbons (Fsp3) is 0.333. The average Bonchev–Trinajstić information content (AvgIpc) is 3.05. The number of amides is 1. The van der Waals surface area contributed by atoms with Gasteiger partial charge in [-0.3, -0.25) is 9.59 Å². The van der Waals surface area contributed by atoms with Gasteiger partial charge in [-0.2, -0.15) is 0 Å². The highest BCUT2D eigenvalue weighted by Gasteiger charge is 2.24. The SMILES string of the molecule is CC(=O)c1ccc(C(=O)N2CCN(c3ccccc3C)CC2)s1. The first-order valence-electron chi connectivity index (χ1n) is 7.77. The first kappa shape index (κ1) is 15.7. The summed E-state index contributed by atoms with van der Waals surface area (Å²) < 4.78 is 0. The summed E-state index contributed by atoms with van der Waals surface area (Å²) >= 11 is 1.29. The third-order valence-corrected chi connectivity index (χ3v) is 5.36. The van der Waals surface area contributed by atoms with Crippen molar-refractivity contribution in [3.63, 3.8) is 0 Å². The number of carbonyl (C=O) groups is 2. The van der Waals surface area contributed by atoms with Gasteiger partial charge in [-0.1, -0.05) is 18.2 Å². The molecule has 1 saturated heterocycles. The molecule has 0 radical (unpaired) electrons. The van der Waals surface area contributed by atoms with E-state index in [2.05, 4.69) is 30.0 Å². The van der Waals surface area contributed by atoms with Crippen LogP contribution in [0.15, 0.2) is 36.4 Å². The number of piperazine rings is 1. The van der Waals surface area contributed by atoms with Gasteiger partial charge in [-0.25, -0.2) is 0 Å². The first-order valence-corrected chi connectivity index (χ1v) is 8.58. The summed E-state index contributed by atoms with van der Waals surface area (Å²) in [5.74, 6) is 0.0466. The van der Waals surface area contributed by atoms with Crippen molar-refractivity contribution in [2.75, 3.05) is 31.1 Å². The summed E-state index contributed by atoms with van der Waals surface area (Å²) in [5, 5.41) is 0. The summed E-state index contributed by atoms with van der Waals surface area (Å²) in [7, 11) is 0. The monoisotopic (exact) mass is 328 g/mol. The zero-order valence-corrected chi connectivity index (χ0v) is 14.2. The zero-order valence-electron chi connectivity index (χ0n) is 13.4. The molecule has 0 atom stereocenters. The number of aryl methyl sites for hydroxylation is 1. The lowest BCUT2D eigenvalue weighted by Gasteiger charge is -2.36. The van der Waals surface area contributed by atoms with E-state index in [0.717, 1.165) is 13.1 Å². The Labute approximate surface area is 140 Å². The Hall–Kier alpha value is -2.14. The number of anilines is 1. The van der Waals surface area contributed by atoms with Gasteiger partial charge in [0.2, 0.25) is 0 Å². The van der Waals surface area contributed by atoms with Crippen LogP contribution in [0.5, 0.6) is 0 Å². The van der Waals surface area contributed by atoms with Gasteiger partial charge < -0.3 is 9.80 Å². The highest BCUT2D eigenvalue weighted by atomic mass is 32.1. The molecule has 1 aromatic carbocycles. The Morgan fingerprint density at radius 1 is 0.957 bits per heavy atom. The molecular weight excluding hydrogens is 308 g/mol. The molecule has 1 fully saturated rings. The zero-order chi connectivity index (χ0) is 16.4. The number of para-hydroxylation sites is 1. The first-order chi connectivity index (χ1) is 11.1. The van der Waals surface area contributed by atoms with Crippen LogP contribution in [0.4, 0.5) is 5.69 Å². The van der Waals surface area contributed by atoms with Gasteiger partial charge in [0, 0.05) is 31.9 Å². The summed E-state index contributed by atoms with van der Waals surface area (Å²) in [5.41, 5.74) is 2.51. The van der Waals surface area contributed by atoms with Crippen LogP contribution < -0.4 is 4.90 Å². The Kier molecular flexibility index (Phi) is 4.48. The van der Waals surface area contributed by atoms with Gasteiger partial charge in [-0.05, 0) is 37.6 Å². The van der Waals surface area contributed by atoms with Crippen LogP contribution >= 0.6 is 11.3 Å². The Morgan fingerprint density at radius 3 is 2.22 bits per heavy atom. The van der Waals surface area contributed by atoms with E-state index in [1.165, 1.54) is 29.5 Å². The molecule has 0 unspecified atom stereocenters.